The van der Waals surface area contributed by atoms with E-state index in [1.165, 1.54) is 108 Å². The fourth-order valence-electron chi connectivity index (χ4n) is 2.78. The Bertz CT molecular complexity index is 146. The molecule has 0 unspecified atom stereocenters. The lowest BCUT2D eigenvalue weighted by molar-refractivity contribution is 0.535. The van der Waals surface area contributed by atoms with Gasteiger partial charge in [0, 0.05) is 11.5 Å². The van der Waals surface area contributed by atoms with Crippen LogP contribution in [0.2, 0.25) is 0 Å². The zero-order chi connectivity index (χ0) is 18.4. The minimum Gasteiger partial charge on any atom is -0.0817 e. The van der Waals surface area contributed by atoms with Crippen LogP contribution in [0.25, 0.3) is 0 Å². The first-order valence-electron chi connectivity index (χ1n) is 9.91. The molecule has 0 saturated carbocycles. The predicted molar refractivity (Wildman–Crippen MR) is 147 cm³/mol. The Morgan fingerprint density at radius 2 is 0.462 bits per heavy atom. The van der Waals surface area contributed by atoms with E-state index in [-0.39, 0.29) is 0 Å². The summed E-state index contributed by atoms with van der Waals surface area (Å²) >= 11 is 0. The maximum absolute atomic E-state index is 2.04. The summed E-state index contributed by atoms with van der Waals surface area (Å²) in [5.74, 6) is 2.63. The molecule has 0 nitrogen and oxygen atoms in total. The second-order valence-corrected chi connectivity index (χ2v) is 21.5. The van der Waals surface area contributed by atoms with Gasteiger partial charge in [-0.25, -0.2) is 0 Å². The van der Waals surface area contributed by atoms with Crippen LogP contribution in [0.4, 0.5) is 0 Å². The highest BCUT2D eigenvalue weighted by atomic mass is 34.0. The van der Waals surface area contributed by atoms with Gasteiger partial charge in [-0.3, -0.25) is 0 Å². The molecule has 9 heteroatoms. The molecule has 1 fully saturated rings. The van der Waals surface area contributed by atoms with Crippen molar-refractivity contribution in [2.75, 3.05) is 11.5 Å². The van der Waals surface area contributed by atoms with E-state index >= 15 is 0 Å². The fraction of sp³-hybridized carbons (Fsp3) is 1.00. The first-order chi connectivity index (χ1) is 13.0. The molecule has 0 amide bonds. The molecular weight excluding hydrogens is 493 g/mol. The van der Waals surface area contributed by atoms with Crippen molar-refractivity contribution in [2.24, 2.45) is 0 Å². The van der Waals surface area contributed by atoms with Crippen molar-refractivity contribution in [2.45, 2.75) is 96.3 Å². The van der Waals surface area contributed by atoms with Crippen molar-refractivity contribution < 1.29 is 0 Å². The molecule has 26 heavy (non-hydrogen) atoms. The molecule has 0 aromatic rings. The van der Waals surface area contributed by atoms with Crippen LogP contribution in [0.5, 0.6) is 0 Å². The van der Waals surface area contributed by atoms with Crippen molar-refractivity contribution in [3.8, 4) is 0 Å². The normalized spacial score (nSPS) is 24.0. The summed E-state index contributed by atoms with van der Waals surface area (Å²) in [4.78, 5) is 0. The van der Waals surface area contributed by atoms with E-state index in [9.17, 15) is 0 Å². The van der Waals surface area contributed by atoms with Gasteiger partial charge in [-0.1, -0.05) is 105 Å². The quantitative estimate of drug-likeness (QED) is 0.280. The average Bonchev–Trinajstić information content (AvgIpc) is 2.65. The predicted octanol–water partition coefficient (Wildman–Crippen LogP) is 11.8. The van der Waals surface area contributed by atoms with Gasteiger partial charge in [0.1, 0.15) is 0 Å². The van der Waals surface area contributed by atoms with Gasteiger partial charge in [-0.15, -0.1) is 0 Å². The molecule has 0 aliphatic carbocycles. The lowest BCUT2D eigenvalue weighted by atomic mass is 10.0. The summed E-state index contributed by atoms with van der Waals surface area (Å²) in [5.41, 5.74) is 0. The molecule has 0 N–H and O–H groups in total. The van der Waals surface area contributed by atoms with Crippen molar-refractivity contribution in [1.82, 2.24) is 0 Å². The zero-order valence-corrected chi connectivity index (χ0v) is 23.0. The Morgan fingerprint density at radius 3 is 0.769 bits per heavy atom. The largest absolute Gasteiger partial charge is 0.0817 e. The van der Waals surface area contributed by atoms with Gasteiger partial charge >= 0.3 is 0 Å². The maximum atomic E-state index is 2.04. The summed E-state index contributed by atoms with van der Waals surface area (Å²) < 4.78 is 0. The van der Waals surface area contributed by atoms with Crippen LogP contribution in [-0.4, -0.2) is 11.5 Å². The van der Waals surface area contributed by atoms with Crippen LogP contribution in [0.3, 0.4) is 0 Å². The molecule has 0 spiro atoms. The molecule has 0 aromatic heterocycles. The SMILES string of the molecule is C1CCCCCCCCSSSSSSSSSCCCCCCCC1. The zero-order valence-electron chi connectivity index (χ0n) is 15.7. The lowest BCUT2D eigenvalue weighted by Gasteiger charge is -2.04. The fourth-order valence-corrected chi connectivity index (χ4v) is 22.8. The van der Waals surface area contributed by atoms with E-state index in [0.717, 1.165) is 0 Å². The first-order valence-corrected chi connectivity index (χ1v) is 21.7. The molecular formula is C17H34S9. The van der Waals surface area contributed by atoms with E-state index < -0.39 is 0 Å². The molecule has 156 valence electrons. The average molecular weight is 527 g/mol. The number of hydrogen-bond donors (Lipinski definition) is 0. The van der Waals surface area contributed by atoms with Crippen LogP contribution < -0.4 is 0 Å². The summed E-state index contributed by atoms with van der Waals surface area (Å²) in [6.45, 7) is 0. The van der Waals surface area contributed by atoms with Crippen LogP contribution in [0.1, 0.15) is 96.3 Å². The summed E-state index contributed by atoms with van der Waals surface area (Å²) in [6.07, 6.45) is 21.8. The second-order valence-electron chi connectivity index (χ2n) is 6.42. The Balaban J connectivity index is 2.00. The molecule has 0 aromatic carbocycles. The van der Waals surface area contributed by atoms with Crippen molar-refractivity contribution in [1.29, 1.82) is 0 Å². The van der Waals surface area contributed by atoms with Gasteiger partial charge in [0.05, 0.1) is 0 Å². The second kappa shape index (κ2) is 24.4. The third-order valence-corrected chi connectivity index (χ3v) is 22.0. The molecule has 1 aliphatic heterocycles. The van der Waals surface area contributed by atoms with E-state index in [4.69, 9.17) is 0 Å². The minimum absolute atomic E-state index is 1.32. The monoisotopic (exact) mass is 526 g/mol. The topological polar surface area (TPSA) is 0 Å². The summed E-state index contributed by atoms with van der Waals surface area (Å²) in [7, 11) is 17.6. The lowest BCUT2D eigenvalue weighted by Crippen LogP contribution is -1.84. The third-order valence-electron chi connectivity index (χ3n) is 4.22. The summed E-state index contributed by atoms with van der Waals surface area (Å²) in [5, 5.41) is 0. The van der Waals surface area contributed by atoms with Crippen molar-refractivity contribution in [3.63, 3.8) is 0 Å². The highest BCUT2D eigenvalue weighted by Crippen LogP contribution is 2.58. The standard InChI is InChI=1S/C17H34S9/c1-2-4-6-8-10-12-14-16-18-20-22-24-26-25-23-21-19-17-15-13-11-9-7-5-3-1/h1-17H2. The van der Waals surface area contributed by atoms with E-state index in [1.807, 2.05) is 90.4 Å². The van der Waals surface area contributed by atoms with Crippen molar-refractivity contribution >= 4 is 90.4 Å². The van der Waals surface area contributed by atoms with Gasteiger partial charge < -0.3 is 0 Å². The van der Waals surface area contributed by atoms with E-state index in [0.29, 0.717) is 0 Å². The van der Waals surface area contributed by atoms with Gasteiger partial charge in [0.2, 0.25) is 0 Å². The number of rotatable bonds is 0. The minimum atomic E-state index is 1.32. The van der Waals surface area contributed by atoms with Gasteiger partial charge in [-0.05, 0) is 81.6 Å². The van der Waals surface area contributed by atoms with Gasteiger partial charge in [0.15, 0.2) is 0 Å². The highest BCUT2D eigenvalue weighted by molar-refractivity contribution is 9.51. The van der Waals surface area contributed by atoms with Crippen LogP contribution >= 0.6 is 90.4 Å². The third kappa shape index (κ3) is 21.8. The Labute approximate surface area is 196 Å². The molecule has 1 rings (SSSR count). The van der Waals surface area contributed by atoms with E-state index in [1.54, 1.807) is 0 Å². The van der Waals surface area contributed by atoms with Crippen LogP contribution in [0.15, 0.2) is 0 Å². The molecule has 0 radical (unpaired) electrons. The van der Waals surface area contributed by atoms with Gasteiger partial charge in [-0.2, -0.15) is 0 Å². The highest BCUT2D eigenvalue weighted by Gasteiger charge is 1.99. The molecule has 1 saturated heterocycles. The van der Waals surface area contributed by atoms with Crippen LogP contribution in [-0.2, 0) is 0 Å². The molecule has 1 heterocycles. The molecule has 0 atom stereocenters. The maximum Gasteiger partial charge on any atom is 0.00454 e. The van der Waals surface area contributed by atoms with Crippen LogP contribution in [0, 0.1) is 0 Å². The van der Waals surface area contributed by atoms with E-state index in [2.05, 4.69) is 0 Å². The van der Waals surface area contributed by atoms with Crippen molar-refractivity contribution in [3.05, 3.63) is 0 Å². The molecule has 1 aliphatic rings. The summed E-state index contributed by atoms with van der Waals surface area (Å²) in [6, 6.07) is 0. The molecule has 0 bridgehead atoms. The Kier molecular flexibility index (Phi) is 25.5. The van der Waals surface area contributed by atoms with Gasteiger partial charge in [0.25, 0.3) is 0 Å². The Morgan fingerprint density at radius 1 is 0.231 bits per heavy atom. The smallest absolute Gasteiger partial charge is 0.00454 e. The number of hydrogen-bond acceptors (Lipinski definition) is 9. The Hall–Kier alpha value is 3.15. The first kappa shape index (κ1) is 27.2.